The Kier molecular flexibility index (Phi) is 7.31. The van der Waals surface area contributed by atoms with Crippen molar-refractivity contribution in [2.45, 2.75) is 13.5 Å². The molecule has 37 heavy (non-hydrogen) atoms. The van der Waals surface area contributed by atoms with Crippen molar-refractivity contribution in [3.8, 4) is 22.3 Å². The zero-order valence-corrected chi connectivity index (χ0v) is 22.8. The molecule has 0 aliphatic carbocycles. The highest BCUT2D eigenvalue weighted by molar-refractivity contribution is 9.10. The van der Waals surface area contributed by atoms with Gasteiger partial charge in [0.2, 0.25) is 5.91 Å². The Bertz CT molecular complexity index is 1660. The topological polar surface area (TPSA) is 90.3 Å². The average molecular weight is 595 g/mol. The number of amides is 1. The molecule has 3 heterocycles. The van der Waals surface area contributed by atoms with E-state index in [4.69, 9.17) is 4.74 Å². The first-order valence-corrected chi connectivity index (χ1v) is 13.9. The van der Waals surface area contributed by atoms with Crippen molar-refractivity contribution in [3.63, 3.8) is 0 Å². The van der Waals surface area contributed by atoms with Crippen LogP contribution >= 0.6 is 38.6 Å². The lowest BCUT2D eigenvalue weighted by atomic mass is 10.0. The minimum Gasteiger partial charge on any atom is -0.462 e. The summed E-state index contributed by atoms with van der Waals surface area (Å²) in [5, 5.41) is 7.35. The van der Waals surface area contributed by atoms with Crippen LogP contribution < -0.4 is 10.9 Å². The summed E-state index contributed by atoms with van der Waals surface area (Å²) in [7, 11) is 0. The fourth-order valence-corrected chi connectivity index (χ4v) is 6.07. The maximum Gasteiger partial charge on any atom is 0.341 e. The number of fused-ring (bicyclic) bond motifs is 1. The Hall–Kier alpha value is -3.60. The quantitative estimate of drug-likeness (QED) is 0.219. The van der Waals surface area contributed by atoms with Crippen LogP contribution in [0.1, 0.15) is 17.3 Å². The number of thiophene rings is 2. The van der Waals surface area contributed by atoms with Crippen LogP contribution in [-0.4, -0.2) is 28.0 Å². The van der Waals surface area contributed by atoms with Crippen molar-refractivity contribution < 1.29 is 14.3 Å². The highest BCUT2D eigenvalue weighted by atomic mass is 79.9. The van der Waals surface area contributed by atoms with Crippen molar-refractivity contribution in [1.82, 2.24) is 9.55 Å². The molecule has 0 unspecified atom stereocenters. The molecule has 1 amide bonds. The van der Waals surface area contributed by atoms with Gasteiger partial charge in [0.05, 0.1) is 18.3 Å². The van der Waals surface area contributed by atoms with Gasteiger partial charge in [-0.05, 0) is 30.2 Å². The number of ether oxygens (including phenoxy) is 1. The van der Waals surface area contributed by atoms with Crippen LogP contribution in [0.2, 0.25) is 0 Å². The Morgan fingerprint density at radius 1 is 1.00 bits per heavy atom. The molecule has 186 valence electrons. The lowest BCUT2D eigenvalue weighted by Gasteiger charge is -2.10. The number of benzene rings is 2. The van der Waals surface area contributed by atoms with Gasteiger partial charge in [0, 0.05) is 26.4 Å². The first-order valence-electron chi connectivity index (χ1n) is 11.3. The minimum atomic E-state index is -0.518. The number of carbonyl (C=O) groups excluding carboxylic acids is 2. The Balaban J connectivity index is 1.44. The van der Waals surface area contributed by atoms with E-state index in [0.29, 0.717) is 26.3 Å². The number of nitrogens with one attached hydrogen (secondary N) is 1. The third-order valence-electron chi connectivity index (χ3n) is 5.64. The Labute approximate surface area is 228 Å². The van der Waals surface area contributed by atoms with Crippen LogP contribution in [-0.2, 0) is 16.1 Å². The van der Waals surface area contributed by atoms with Gasteiger partial charge in [-0.25, -0.2) is 9.78 Å². The second-order valence-electron chi connectivity index (χ2n) is 8.00. The molecule has 7 nitrogen and oxygen atoms in total. The summed E-state index contributed by atoms with van der Waals surface area (Å²) in [6, 6.07) is 17.1. The molecule has 0 aliphatic rings. The largest absolute Gasteiger partial charge is 0.462 e. The van der Waals surface area contributed by atoms with Crippen LogP contribution in [0.4, 0.5) is 5.00 Å². The van der Waals surface area contributed by atoms with E-state index in [1.54, 1.807) is 6.92 Å². The van der Waals surface area contributed by atoms with Crippen LogP contribution in [0.15, 0.2) is 81.0 Å². The fraction of sp³-hybridized carbons (Fsp3) is 0.111. The molecule has 0 spiro atoms. The number of aromatic nitrogens is 2. The van der Waals surface area contributed by atoms with Gasteiger partial charge < -0.3 is 10.1 Å². The van der Waals surface area contributed by atoms with Gasteiger partial charge in [0.15, 0.2) is 0 Å². The molecule has 1 N–H and O–H groups in total. The first kappa shape index (κ1) is 25.1. The van der Waals surface area contributed by atoms with E-state index in [1.807, 2.05) is 65.4 Å². The molecule has 0 saturated carbocycles. The summed E-state index contributed by atoms with van der Waals surface area (Å²) in [5.74, 6) is -0.966. The molecule has 10 heteroatoms. The van der Waals surface area contributed by atoms with Crippen molar-refractivity contribution >= 4 is 65.7 Å². The number of nitrogens with zero attached hydrogens (tertiary/aromatic N) is 2. The standard InChI is InChI=1S/C27H20BrN3O4S2/c1-2-35-27(34)23-20(16-6-4-3-5-7-16)14-37-25(23)30-21(32)12-31-15-29-24-22(26(31)33)19(13-36-24)17-8-10-18(28)11-9-17/h3-11,13-15H,2,12H2,1H3,(H,30,32). The van der Waals surface area contributed by atoms with Crippen molar-refractivity contribution in [1.29, 1.82) is 0 Å². The van der Waals surface area contributed by atoms with Crippen LogP contribution in [0.5, 0.6) is 0 Å². The summed E-state index contributed by atoms with van der Waals surface area (Å²) < 4.78 is 7.48. The summed E-state index contributed by atoms with van der Waals surface area (Å²) in [5.41, 5.74) is 3.17. The van der Waals surface area contributed by atoms with Crippen molar-refractivity contribution in [2.24, 2.45) is 0 Å². The number of carbonyl (C=O) groups is 2. The van der Waals surface area contributed by atoms with E-state index >= 15 is 0 Å². The third kappa shape index (κ3) is 5.13. The molecule has 0 atom stereocenters. The van der Waals surface area contributed by atoms with E-state index in [9.17, 15) is 14.4 Å². The number of halogens is 1. The van der Waals surface area contributed by atoms with E-state index < -0.39 is 11.9 Å². The predicted molar refractivity (Wildman–Crippen MR) is 151 cm³/mol. The second kappa shape index (κ2) is 10.8. The van der Waals surface area contributed by atoms with Gasteiger partial charge in [0.25, 0.3) is 5.56 Å². The molecular weight excluding hydrogens is 574 g/mol. The summed E-state index contributed by atoms with van der Waals surface area (Å²) in [4.78, 5) is 44.2. The summed E-state index contributed by atoms with van der Waals surface area (Å²) in [6.07, 6.45) is 1.38. The van der Waals surface area contributed by atoms with Crippen LogP contribution in [0.25, 0.3) is 32.5 Å². The molecule has 0 fully saturated rings. The van der Waals surface area contributed by atoms with E-state index in [0.717, 1.165) is 21.2 Å². The molecule has 0 saturated heterocycles. The molecule has 0 aliphatic heterocycles. The lowest BCUT2D eigenvalue weighted by Crippen LogP contribution is -2.28. The van der Waals surface area contributed by atoms with E-state index in [1.165, 1.54) is 33.6 Å². The Morgan fingerprint density at radius 2 is 1.70 bits per heavy atom. The Morgan fingerprint density at radius 3 is 2.43 bits per heavy atom. The number of rotatable bonds is 7. The molecular formula is C27H20BrN3O4S2. The predicted octanol–water partition coefficient (Wildman–Crippen LogP) is 6.43. The SMILES string of the molecule is CCOC(=O)c1c(-c2ccccc2)csc1NC(=O)Cn1cnc2scc(-c3ccc(Br)cc3)c2c1=O. The number of anilines is 1. The van der Waals surface area contributed by atoms with E-state index in [-0.39, 0.29) is 18.7 Å². The highest BCUT2D eigenvalue weighted by Crippen LogP contribution is 2.36. The number of hydrogen-bond acceptors (Lipinski definition) is 7. The average Bonchev–Trinajstić information content (AvgIpc) is 3.52. The summed E-state index contributed by atoms with van der Waals surface area (Å²) >= 11 is 6.04. The summed E-state index contributed by atoms with van der Waals surface area (Å²) in [6.45, 7) is 1.68. The molecule has 5 aromatic rings. The molecule has 0 radical (unpaired) electrons. The lowest BCUT2D eigenvalue weighted by molar-refractivity contribution is -0.116. The van der Waals surface area contributed by atoms with Gasteiger partial charge in [-0.15, -0.1) is 22.7 Å². The van der Waals surface area contributed by atoms with Gasteiger partial charge in [-0.3, -0.25) is 14.2 Å². The fourth-order valence-electron chi connectivity index (χ4n) is 3.93. The van der Waals surface area contributed by atoms with Crippen LogP contribution in [0, 0.1) is 0 Å². The van der Waals surface area contributed by atoms with Gasteiger partial charge in [-0.1, -0.05) is 58.4 Å². The van der Waals surface area contributed by atoms with Crippen molar-refractivity contribution in [3.05, 3.63) is 92.1 Å². The molecule has 0 bridgehead atoms. The molecule has 5 rings (SSSR count). The zero-order chi connectivity index (χ0) is 25.9. The number of esters is 1. The molecule has 2 aromatic carbocycles. The van der Waals surface area contributed by atoms with Crippen molar-refractivity contribution in [2.75, 3.05) is 11.9 Å². The zero-order valence-electron chi connectivity index (χ0n) is 19.6. The first-order chi connectivity index (χ1) is 18.0. The smallest absolute Gasteiger partial charge is 0.341 e. The monoisotopic (exact) mass is 593 g/mol. The van der Waals surface area contributed by atoms with Gasteiger partial charge in [0.1, 0.15) is 21.9 Å². The molecule has 3 aromatic heterocycles. The normalized spacial score (nSPS) is 11.0. The van der Waals surface area contributed by atoms with E-state index in [2.05, 4.69) is 26.2 Å². The maximum absolute atomic E-state index is 13.4. The third-order valence-corrected chi connectivity index (χ3v) is 7.95. The van der Waals surface area contributed by atoms with Gasteiger partial charge >= 0.3 is 5.97 Å². The van der Waals surface area contributed by atoms with Crippen LogP contribution in [0.3, 0.4) is 0 Å². The maximum atomic E-state index is 13.4. The van der Waals surface area contributed by atoms with Gasteiger partial charge in [-0.2, -0.15) is 0 Å². The highest BCUT2D eigenvalue weighted by Gasteiger charge is 2.23. The number of hydrogen-bond donors (Lipinski definition) is 1. The second-order valence-corrected chi connectivity index (χ2v) is 10.7. The minimum absolute atomic E-state index is 0.207.